The molecule has 0 unspecified atom stereocenters. The van der Waals surface area contributed by atoms with Gasteiger partial charge >= 0.3 is 30.0 Å². The van der Waals surface area contributed by atoms with Crippen molar-refractivity contribution in [3.8, 4) is 0 Å². The van der Waals surface area contributed by atoms with Crippen molar-refractivity contribution >= 4 is 41.7 Å². The molecule has 4 fully saturated rings. The van der Waals surface area contributed by atoms with Crippen LogP contribution in [0.4, 0.5) is 4.79 Å². The second-order valence-corrected chi connectivity index (χ2v) is 18.2. The SMILES string of the molecule is C/C=C/C(=O)O[C@H]1C(=O)[C@@]2(C)[C@H]([C@H](OC(=O)c3ccccc3)[C@]34OC(=O)O[C@H]3[C@H](OC(=O)[C@H](O)[C@H](C=C(C)C)NC(=O)CCCCC)C(C)=C1C4(C)C)[C@]1(OC(C)=O)CO[C@@H]1C[C@@H]2O. The number of carbonyl (C=O) groups excluding carboxylic acids is 7. The molecule has 6 rings (SSSR count). The standard InChI is InChI=1S/C47H59NO16/c1-10-12-14-20-31(51)48-28(21-24(3)4)34(53)42(56)60-35-25(5)33-36(59-32(52)17-11-2)38(54)45(9)29(50)22-30-46(23-58-30,63-26(6)49)37(45)40(61-41(55)27-18-15-13-16-19-27)47(44(33,7)8)39(35)62-43(57)64-47/h11,13,15-19,21,28-30,34-37,39-40,50,53H,10,12,14,20,22-23H2,1-9H3,(H,48,51)/b17-11+/t28-,29-,30+,34+,35+,36+,37-,39-,40-,45+,46-,47+/m0/s1. The maximum absolute atomic E-state index is 15.8. The summed E-state index contributed by atoms with van der Waals surface area (Å²) in [5.74, 6) is -7.03. The van der Waals surface area contributed by atoms with E-state index in [1.807, 2.05) is 6.92 Å². The number of aliphatic hydroxyl groups is 2. The van der Waals surface area contributed by atoms with Gasteiger partial charge in [-0.2, -0.15) is 0 Å². The van der Waals surface area contributed by atoms with Crippen molar-refractivity contribution < 1.29 is 76.9 Å². The molecule has 64 heavy (non-hydrogen) atoms. The van der Waals surface area contributed by atoms with Crippen molar-refractivity contribution in [2.45, 2.75) is 154 Å². The summed E-state index contributed by atoms with van der Waals surface area (Å²) in [5, 5.41) is 26.6. The third-order valence-electron chi connectivity index (χ3n) is 13.6. The molecule has 1 aromatic rings. The van der Waals surface area contributed by atoms with E-state index >= 15 is 4.79 Å². The molecule has 5 aliphatic rings. The highest BCUT2D eigenvalue weighted by molar-refractivity contribution is 5.97. The number of ether oxygens (including phenoxy) is 7. The van der Waals surface area contributed by atoms with Gasteiger partial charge in [0.05, 0.1) is 35.6 Å². The molecule has 12 atom stereocenters. The third-order valence-corrected chi connectivity index (χ3v) is 13.6. The summed E-state index contributed by atoms with van der Waals surface area (Å²) in [6.45, 7) is 13.7. The largest absolute Gasteiger partial charge is 0.509 e. The van der Waals surface area contributed by atoms with Crippen LogP contribution in [-0.2, 0) is 57.1 Å². The Hall–Kier alpha value is -5.39. The highest BCUT2D eigenvalue weighted by Crippen LogP contribution is 2.67. The van der Waals surface area contributed by atoms with Crippen LogP contribution in [0.1, 0.15) is 105 Å². The van der Waals surface area contributed by atoms with Gasteiger partial charge in [-0.3, -0.25) is 14.4 Å². The van der Waals surface area contributed by atoms with Crippen molar-refractivity contribution in [3.05, 3.63) is 70.8 Å². The number of amides is 1. The molecule has 2 aliphatic heterocycles. The Morgan fingerprint density at radius 2 is 1.69 bits per heavy atom. The van der Waals surface area contributed by atoms with E-state index in [2.05, 4.69) is 5.32 Å². The first kappa shape index (κ1) is 48.1. The average molecular weight is 894 g/mol. The van der Waals surface area contributed by atoms with Crippen LogP contribution >= 0.6 is 0 Å². The summed E-state index contributed by atoms with van der Waals surface area (Å²) in [4.78, 5) is 98.4. The number of unbranched alkanes of at least 4 members (excludes halogenated alkanes) is 2. The monoisotopic (exact) mass is 893 g/mol. The number of nitrogens with one attached hydrogen (secondary N) is 1. The number of carbonyl (C=O) groups is 7. The molecule has 0 radical (unpaired) electrons. The topological polar surface area (TPSA) is 237 Å². The van der Waals surface area contributed by atoms with Gasteiger partial charge < -0.3 is 48.7 Å². The smallest absolute Gasteiger partial charge is 0.454 e. The van der Waals surface area contributed by atoms with Crippen molar-refractivity contribution in [1.29, 1.82) is 0 Å². The minimum absolute atomic E-state index is 0.0296. The number of benzene rings is 1. The molecule has 3 aliphatic carbocycles. The molecule has 348 valence electrons. The first-order chi connectivity index (χ1) is 30.1. The molecule has 2 saturated heterocycles. The zero-order valence-corrected chi connectivity index (χ0v) is 37.7. The molecule has 17 heteroatoms. The fourth-order valence-electron chi connectivity index (χ4n) is 10.6. The van der Waals surface area contributed by atoms with Gasteiger partial charge in [0.1, 0.15) is 6.10 Å². The molecule has 1 aromatic carbocycles. The van der Waals surface area contributed by atoms with Crippen molar-refractivity contribution in [2.75, 3.05) is 6.61 Å². The van der Waals surface area contributed by atoms with Crippen LogP contribution in [-0.4, -0.2) is 119 Å². The van der Waals surface area contributed by atoms with E-state index in [1.165, 1.54) is 38.1 Å². The van der Waals surface area contributed by atoms with Gasteiger partial charge in [0, 0.05) is 31.3 Å². The first-order valence-corrected chi connectivity index (χ1v) is 21.7. The molecular formula is C47H59NO16. The van der Waals surface area contributed by atoms with E-state index in [1.54, 1.807) is 52.8 Å². The molecule has 1 amide bonds. The van der Waals surface area contributed by atoms with Gasteiger partial charge in [-0.1, -0.05) is 69.5 Å². The maximum atomic E-state index is 15.8. The Morgan fingerprint density at radius 3 is 2.28 bits per heavy atom. The number of Topliss-reactive ketones (excluding diaryl/α,β-unsaturated/α-hetero) is 1. The Labute approximate surface area is 371 Å². The highest BCUT2D eigenvalue weighted by atomic mass is 16.8. The summed E-state index contributed by atoms with van der Waals surface area (Å²) in [5.41, 5.74) is -7.46. The first-order valence-electron chi connectivity index (χ1n) is 21.7. The molecule has 0 aromatic heterocycles. The molecule has 17 nitrogen and oxygen atoms in total. The van der Waals surface area contributed by atoms with Crippen LogP contribution in [0.3, 0.4) is 0 Å². The molecular weight excluding hydrogens is 835 g/mol. The van der Waals surface area contributed by atoms with Crippen molar-refractivity contribution in [1.82, 2.24) is 5.32 Å². The predicted molar refractivity (Wildman–Crippen MR) is 224 cm³/mol. The fourth-order valence-corrected chi connectivity index (χ4v) is 10.6. The number of hydrogen-bond acceptors (Lipinski definition) is 16. The van der Waals surface area contributed by atoms with Crippen LogP contribution in [0.2, 0.25) is 0 Å². The lowest BCUT2D eigenvalue weighted by Crippen LogP contribution is -2.83. The number of aliphatic hydroxyl groups excluding tert-OH is 2. The Bertz CT molecular complexity index is 2140. The van der Waals surface area contributed by atoms with Gasteiger partial charge in [-0.25, -0.2) is 19.2 Å². The summed E-state index contributed by atoms with van der Waals surface area (Å²) in [6.07, 6.45) is -7.37. The van der Waals surface area contributed by atoms with Crippen LogP contribution in [0, 0.1) is 16.7 Å². The minimum atomic E-state index is -2.37. The van der Waals surface area contributed by atoms with Gasteiger partial charge in [0.25, 0.3) is 0 Å². The number of allylic oxidation sites excluding steroid dienone is 2. The zero-order chi connectivity index (χ0) is 47.1. The van der Waals surface area contributed by atoms with Gasteiger partial charge in [-0.05, 0) is 64.3 Å². The zero-order valence-electron chi connectivity index (χ0n) is 37.7. The van der Waals surface area contributed by atoms with Crippen LogP contribution < -0.4 is 5.32 Å². The molecule has 2 saturated carbocycles. The molecule has 2 heterocycles. The number of ketones is 1. The van der Waals surface area contributed by atoms with Gasteiger partial charge in [0.2, 0.25) is 11.5 Å². The lowest BCUT2D eigenvalue weighted by molar-refractivity contribution is -0.345. The maximum Gasteiger partial charge on any atom is 0.509 e. The number of esters is 4. The van der Waals surface area contributed by atoms with E-state index in [9.17, 15) is 39.0 Å². The number of hydrogen-bond donors (Lipinski definition) is 3. The molecule has 1 spiro atoms. The van der Waals surface area contributed by atoms with Crippen LogP contribution in [0.15, 0.2) is 65.3 Å². The molecule has 3 N–H and O–H groups in total. The van der Waals surface area contributed by atoms with Gasteiger partial charge in [0.15, 0.2) is 41.9 Å². The highest BCUT2D eigenvalue weighted by Gasteiger charge is 2.83. The second kappa shape index (κ2) is 18.2. The van der Waals surface area contributed by atoms with Crippen LogP contribution in [0.5, 0.6) is 0 Å². The number of rotatable bonds is 14. The Balaban J connectivity index is 1.62. The van der Waals surface area contributed by atoms with Gasteiger partial charge in [-0.15, -0.1) is 0 Å². The molecule has 2 bridgehead atoms. The Morgan fingerprint density at radius 1 is 1.00 bits per heavy atom. The third kappa shape index (κ3) is 8.03. The van der Waals surface area contributed by atoms with Crippen molar-refractivity contribution in [3.63, 3.8) is 0 Å². The minimum Gasteiger partial charge on any atom is -0.454 e. The summed E-state index contributed by atoms with van der Waals surface area (Å²) in [6, 6.07) is 6.48. The average Bonchev–Trinajstić information content (AvgIpc) is 3.59. The van der Waals surface area contributed by atoms with Crippen molar-refractivity contribution in [2.24, 2.45) is 16.7 Å². The lowest BCUT2D eigenvalue weighted by atomic mass is 9.44. The van der Waals surface area contributed by atoms with E-state index in [0.717, 1.165) is 25.8 Å². The normalized spacial score (nSPS) is 33.2. The second-order valence-electron chi connectivity index (χ2n) is 18.2. The van der Waals surface area contributed by atoms with Crippen LogP contribution in [0.25, 0.3) is 0 Å². The summed E-state index contributed by atoms with van der Waals surface area (Å²) in [7, 11) is 0. The summed E-state index contributed by atoms with van der Waals surface area (Å²) < 4.78 is 43.1. The van der Waals surface area contributed by atoms with E-state index in [0.29, 0.717) is 12.0 Å². The predicted octanol–water partition coefficient (Wildman–Crippen LogP) is 4.30. The quantitative estimate of drug-likeness (QED) is 0.0776. The fraction of sp³-hybridized carbons (Fsp3) is 0.596. The lowest BCUT2D eigenvalue weighted by Gasteiger charge is -2.67. The number of fused-ring (bicyclic) bond motifs is 4. The van der Waals surface area contributed by atoms with E-state index in [4.69, 9.17) is 33.2 Å². The van der Waals surface area contributed by atoms with E-state index in [-0.39, 0.29) is 36.2 Å². The Kier molecular flexibility index (Phi) is 13.7. The van der Waals surface area contributed by atoms with E-state index < -0.39 is 118 Å². The summed E-state index contributed by atoms with van der Waals surface area (Å²) >= 11 is 0.